The average molecular weight is 1890 g/mol. The molecule has 6 aromatic rings. The first-order valence-electron chi connectivity index (χ1n) is 46.2. The van der Waals surface area contributed by atoms with Crippen molar-refractivity contribution in [2.45, 2.75) is 247 Å². The molecule has 15 amide bonds. The number of carbonyl (C=O) groups is 17. The number of hydrogen-bond donors (Lipinski definition) is 18. The fourth-order valence-electron chi connectivity index (χ4n) is 17.8. The van der Waals surface area contributed by atoms with E-state index in [1.165, 1.54) is 65.6 Å². The number of fused-ring (bicyclic) bond motifs is 5. The minimum atomic E-state index is -1.64. The number of aromatic nitrogens is 4. The molecular weight excluding hydrogens is 1770 g/mol. The Hall–Kier alpha value is -12.8. The van der Waals surface area contributed by atoms with Crippen LogP contribution in [0.15, 0.2) is 97.7 Å². The van der Waals surface area contributed by atoms with Crippen molar-refractivity contribution in [1.29, 1.82) is 0 Å². The average Bonchev–Trinajstić information content (AvgIpc) is 1.67. The predicted octanol–water partition coefficient (Wildman–Crippen LogP) is -0.229. The standard InChI is InChI=1S/C93H128N20O21S/c1-7-9-23-72-85(126)102-64(22-15-33-94)83(124)108-71(82(123)99-46-78(95)118)49-135-50-79(119)101-69(37-53-27-29-58(115)30-28-53)91(132)112-35-17-25-73(112)86(127)103-65(31-32-80(120)121)90(131)111-34-16-26-74(111)87(128)105-67(41-57-45-96-51-100-57)84(125)107-68(36-52(3)4)92(133)113-47-59(116)42-76(113)88(129)104-66(38-54-43-97-62-20-13-11-18-60(54)62)77(117)40-56(48-114)81(122)106-70(39-55-44-98-63-21-14-12-19-61(55)63)89(130)110(6)75(24-10-8-2)93(134)109(72)5/h11-14,18-21,27-30,43-45,51-52,56,59,64-76,97-98,114-116H,7-10,15-17,22-26,31-42,46-50,94H2,1-6H3,(H2,95,118)(H,96,100)(H,99,123)(H,101,119)(H,102,126)(H,103,127)(H,104,129)(H,105,128)(H,106,122)(H,107,125)(H,108,124)(H,120,121)/t56-,59?,64-,65-,66-,67-,68-,69-,70-,71-,72-,73-,74-,75-,76-/m0/s1. The van der Waals surface area contributed by atoms with Crippen LogP contribution in [0.2, 0.25) is 0 Å². The minimum Gasteiger partial charge on any atom is -0.508 e. The van der Waals surface area contributed by atoms with Crippen LogP contribution in [-0.4, -0.2) is 315 Å². The van der Waals surface area contributed by atoms with Crippen LogP contribution in [0.3, 0.4) is 0 Å². The van der Waals surface area contributed by atoms with E-state index < -0.39 is 241 Å². The number of benzene rings is 3. The lowest BCUT2D eigenvalue weighted by Gasteiger charge is -2.36. The molecule has 4 aliphatic rings. The summed E-state index contributed by atoms with van der Waals surface area (Å²) < 4.78 is 0. The zero-order chi connectivity index (χ0) is 97.9. The van der Waals surface area contributed by atoms with Gasteiger partial charge in [-0.1, -0.05) is 102 Å². The Morgan fingerprint density at radius 3 is 1.69 bits per heavy atom. The molecule has 10 rings (SSSR count). The molecule has 732 valence electrons. The summed E-state index contributed by atoms with van der Waals surface area (Å²) in [4.78, 5) is 270. The number of H-pyrrole nitrogens is 3. The SMILES string of the molecule is CCCC[C@H]1C(=O)N(C)[C@@H](CCCC)C(=O)N[C@@H](CCCN)C(=O)N[C@H](C(=O)NCC(N)=O)CSCC(=O)N[C@@H](Cc2ccc(O)cc2)C(=O)N2CCC[C@H]2C(=O)N[C@@H](CCC(=O)O)C(=O)N2CCC[C@H]2C(=O)N[C@@H](Cc2c[nH]cn2)C(=O)N[C@@H](CC(C)C)C(=O)N2CC(O)C[C@H]2C(=O)N[C@@H](Cc2c[nH]c3ccccc23)C(=O)C[C@@H](CO)C(=O)N[C@@H](Cc2c[nH]c3ccccc23)C(=O)N1C. The highest BCUT2D eigenvalue weighted by Gasteiger charge is 2.48. The number of unbranched alkanes of at least 4 members (excludes halogenated alkanes) is 2. The number of aromatic hydroxyl groups is 1. The minimum absolute atomic E-state index is 0.00270. The Bertz CT molecular complexity index is 5180. The maximum atomic E-state index is 15.8. The van der Waals surface area contributed by atoms with E-state index in [0.29, 0.717) is 64.2 Å². The summed E-state index contributed by atoms with van der Waals surface area (Å²) >= 11 is 0.799. The number of nitrogens with two attached hydrogens (primary N) is 2. The van der Waals surface area contributed by atoms with E-state index in [2.05, 4.69) is 67.8 Å². The number of hydrogen-bond acceptors (Lipinski definition) is 23. The second kappa shape index (κ2) is 49.9. The molecular formula is C93H128N20O21S. The number of para-hydroxylation sites is 2. The summed E-state index contributed by atoms with van der Waals surface area (Å²) in [5, 5.41) is 68.8. The molecule has 0 saturated carbocycles. The van der Waals surface area contributed by atoms with Crippen LogP contribution in [0.4, 0.5) is 0 Å². The van der Waals surface area contributed by atoms with Crippen molar-refractivity contribution in [3.05, 3.63) is 120 Å². The number of carboxylic acids is 1. The van der Waals surface area contributed by atoms with Gasteiger partial charge in [-0.25, -0.2) is 4.98 Å². The van der Waals surface area contributed by atoms with Crippen LogP contribution in [0.5, 0.6) is 5.75 Å². The van der Waals surface area contributed by atoms with Gasteiger partial charge in [0.25, 0.3) is 0 Å². The third kappa shape index (κ3) is 28.4. The first-order valence-corrected chi connectivity index (χ1v) is 47.4. The Morgan fingerprint density at radius 1 is 0.563 bits per heavy atom. The van der Waals surface area contributed by atoms with Crippen molar-refractivity contribution in [2.24, 2.45) is 23.3 Å². The molecule has 1 unspecified atom stereocenters. The Labute approximate surface area is 785 Å². The van der Waals surface area contributed by atoms with E-state index in [1.54, 1.807) is 74.8 Å². The van der Waals surface area contributed by atoms with Gasteiger partial charge in [-0.05, 0) is 118 Å². The Morgan fingerprint density at radius 2 is 1.10 bits per heavy atom. The lowest BCUT2D eigenvalue weighted by molar-refractivity contribution is -0.149. The quantitative estimate of drug-likeness (QED) is 0.0333. The van der Waals surface area contributed by atoms with Gasteiger partial charge in [0.05, 0.1) is 49.0 Å². The molecule has 4 aliphatic heterocycles. The summed E-state index contributed by atoms with van der Waals surface area (Å²) in [6.45, 7) is 4.96. The number of Topliss-reactive ketones (excluding diaryl/α,β-unsaturated/α-hetero) is 1. The Kier molecular flexibility index (Phi) is 38.6. The topological polar surface area (TPSA) is 608 Å². The van der Waals surface area contributed by atoms with Crippen molar-refractivity contribution in [3.63, 3.8) is 0 Å². The van der Waals surface area contributed by atoms with Gasteiger partial charge in [0, 0.05) is 125 Å². The van der Waals surface area contributed by atoms with E-state index >= 15 is 47.9 Å². The van der Waals surface area contributed by atoms with E-state index in [0.717, 1.165) is 21.6 Å². The number of rotatable bonds is 26. The number of likely N-dealkylation sites (N-methyl/N-ethyl adjacent to an activating group) is 2. The molecule has 135 heavy (non-hydrogen) atoms. The number of nitrogens with zero attached hydrogens (tertiary/aromatic N) is 6. The number of phenolic OH excluding ortho intramolecular Hbond substituents is 1. The van der Waals surface area contributed by atoms with Gasteiger partial charge in [-0.3, -0.25) is 81.5 Å². The molecule has 0 spiro atoms. The Balaban J connectivity index is 1.02. The number of thioether (sulfide) groups is 1. The van der Waals surface area contributed by atoms with Gasteiger partial charge in [0.1, 0.15) is 78.3 Å². The zero-order valence-corrected chi connectivity index (χ0v) is 77.8. The highest BCUT2D eigenvalue weighted by atomic mass is 32.2. The van der Waals surface area contributed by atoms with Gasteiger partial charge in [-0.2, -0.15) is 0 Å². The molecule has 15 atom stereocenters. The second-order valence-corrected chi connectivity index (χ2v) is 36.6. The van der Waals surface area contributed by atoms with Crippen LogP contribution in [0.1, 0.15) is 159 Å². The number of aliphatic hydroxyl groups is 2. The monoisotopic (exact) mass is 1890 g/mol. The number of phenols is 1. The number of aliphatic carboxylic acids is 1. The zero-order valence-electron chi connectivity index (χ0n) is 77.0. The highest BCUT2D eigenvalue weighted by molar-refractivity contribution is 8.00. The van der Waals surface area contributed by atoms with E-state index in [4.69, 9.17) is 11.5 Å². The highest BCUT2D eigenvalue weighted by Crippen LogP contribution is 2.30. The fourth-order valence-corrected chi connectivity index (χ4v) is 18.6. The molecule has 42 heteroatoms. The summed E-state index contributed by atoms with van der Waals surface area (Å²) in [7, 11) is 2.74. The molecule has 7 heterocycles. The molecule has 4 fully saturated rings. The molecule has 0 radical (unpaired) electrons. The molecule has 3 aromatic carbocycles. The summed E-state index contributed by atoms with van der Waals surface area (Å²) in [6, 6.07) is 0.765. The van der Waals surface area contributed by atoms with Crippen molar-refractivity contribution < 1.29 is 102 Å². The number of primary amides is 1. The lowest BCUT2D eigenvalue weighted by atomic mass is 9.93. The third-order valence-corrected chi connectivity index (χ3v) is 26.1. The van der Waals surface area contributed by atoms with E-state index in [1.807, 2.05) is 13.8 Å². The lowest BCUT2D eigenvalue weighted by Crippen LogP contribution is -2.60. The maximum absolute atomic E-state index is 15.8. The molecule has 0 aliphatic carbocycles. The number of aliphatic hydroxyl groups excluding tert-OH is 2. The van der Waals surface area contributed by atoms with Gasteiger partial charge in [0.2, 0.25) is 88.6 Å². The summed E-state index contributed by atoms with van der Waals surface area (Å²) in [5.74, 6) is -18.3. The summed E-state index contributed by atoms with van der Waals surface area (Å²) in [5.41, 5.74) is 14.5. The smallest absolute Gasteiger partial charge is 0.303 e. The largest absolute Gasteiger partial charge is 0.508 e. The van der Waals surface area contributed by atoms with Crippen LogP contribution in [0, 0.1) is 11.8 Å². The third-order valence-electron chi connectivity index (χ3n) is 25.1. The van der Waals surface area contributed by atoms with Crippen molar-refractivity contribution in [3.8, 4) is 5.75 Å². The van der Waals surface area contributed by atoms with Crippen molar-refractivity contribution in [1.82, 2.24) is 92.3 Å². The number of nitrogens with one attached hydrogen (secondary N) is 12. The molecule has 0 bridgehead atoms. The molecule has 3 aromatic heterocycles. The van der Waals surface area contributed by atoms with Crippen molar-refractivity contribution in [2.75, 3.05) is 64.9 Å². The predicted molar refractivity (Wildman–Crippen MR) is 496 cm³/mol. The number of carbonyl (C=O) groups excluding carboxylic acids is 16. The number of ketones is 1. The van der Waals surface area contributed by atoms with Gasteiger partial charge in [0.15, 0.2) is 5.78 Å². The number of imidazole rings is 1. The van der Waals surface area contributed by atoms with E-state index in [-0.39, 0.29) is 127 Å². The molecule has 41 nitrogen and oxygen atoms in total. The fraction of sp³-hybridized carbons (Fsp3) is 0.548. The van der Waals surface area contributed by atoms with Crippen LogP contribution in [0.25, 0.3) is 21.8 Å². The number of carboxylic acid groups (broad SMARTS) is 1. The summed E-state index contributed by atoms with van der Waals surface area (Å²) in [6.07, 6.45) is 3.53. The van der Waals surface area contributed by atoms with Crippen LogP contribution < -0.4 is 59.3 Å². The van der Waals surface area contributed by atoms with E-state index in [9.17, 15) is 54.0 Å². The maximum Gasteiger partial charge on any atom is 0.303 e. The van der Waals surface area contributed by atoms with Gasteiger partial charge >= 0.3 is 5.97 Å². The molecule has 4 saturated heterocycles. The first kappa shape index (κ1) is 104. The van der Waals surface area contributed by atoms with Gasteiger partial charge in [-0.15, -0.1) is 11.8 Å². The molecule has 20 N–H and O–H groups in total. The van der Waals surface area contributed by atoms with Crippen LogP contribution in [-0.2, 0) is 107 Å². The first-order chi connectivity index (χ1) is 64.6. The second-order valence-electron chi connectivity index (χ2n) is 35.5. The normalized spacial score (nSPS) is 25.3. The van der Waals surface area contributed by atoms with Crippen molar-refractivity contribution >= 4 is 134 Å². The van der Waals surface area contributed by atoms with Gasteiger partial charge < -0.3 is 119 Å². The van der Waals surface area contributed by atoms with Crippen LogP contribution >= 0.6 is 11.8 Å². The number of aromatic amines is 3. The number of amides is 15.